The largest absolute Gasteiger partial charge is 0.353 e. The first-order valence-electron chi connectivity index (χ1n) is 5.66. The molecule has 78 valence electrons. The first-order chi connectivity index (χ1) is 6.43. The molecule has 0 bridgehead atoms. The lowest BCUT2D eigenvalue weighted by Crippen LogP contribution is -2.22. The maximum Gasteiger partial charge on any atom is 0.157 e. The molecule has 0 spiro atoms. The van der Waals surface area contributed by atoms with Gasteiger partial charge in [-0.1, -0.05) is 26.2 Å². The zero-order valence-corrected chi connectivity index (χ0v) is 8.76. The number of hydrogen-bond acceptors (Lipinski definition) is 2. The lowest BCUT2D eigenvalue weighted by molar-refractivity contribution is -0.162. The summed E-state index contributed by atoms with van der Waals surface area (Å²) in [4.78, 5) is 0. The number of rotatable bonds is 6. The molecule has 1 rings (SSSR count). The van der Waals surface area contributed by atoms with Crippen LogP contribution < -0.4 is 0 Å². The molecular weight excluding hydrogens is 165 g/mol. The van der Waals surface area contributed by atoms with E-state index in [1.165, 1.54) is 38.5 Å². The molecule has 2 nitrogen and oxygen atoms in total. The third kappa shape index (κ3) is 5.27. The van der Waals surface area contributed by atoms with Crippen molar-refractivity contribution in [2.45, 2.75) is 58.2 Å². The van der Waals surface area contributed by atoms with Gasteiger partial charge in [0.2, 0.25) is 0 Å². The molecule has 0 saturated carbocycles. The fourth-order valence-electron chi connectivity index (χ4n) is 1.59. The van der Waals surface area contributed by atoms with Gasteiger partial charge in [0.25, 0.3) is 0 Å². The molecule has 1 atom stereocenters. The monoisotopic (exact) mass is 187 g/mol. The Balaban J connectivity index is 1.86. The van der Waals surface area contributed by atoms with Crippen molar-refractivity contribution in [2.24, 2.45) is 0 Å². The van der Waals surface area contributed by atoms with Gasteiger partial charge in [0.05, 0.1) is 0 Å². The number of ether oxygens (including phenoxy) is 2. The summed E-state index contributed by atoms with van der Waals surface area (Å²) in [5, 5.41) is 0. The predicted molar refractivity (Wildman–Crippen MR) is 53.7 cm³/mol. The van der Waals surface area contributed by atoms with Crippen LogP contribution in [-0.4, -0.2) is 19.5 Å². The highest BCUT2D eigenvalue weighted by Gasteiger charge is 2.12. The van der Waals surface area contributed by atoms with E-state index in [9.17, 15) is 0 Å². The van der Waals surface area contributed by atoms with Gasteiger partial charge in [0, 0.05) is 13.2 Å². The summed E-state index contributed by atoms with van der Waals surface area (Å²) in [5.41, 5.74) is 0. The van der Waals surface area contributed by atoms with Crippen LogP contribution in [0.25, 0.3) is 0 Å². The highest BCUT2D eigenvalue weighted by atomic mass is 16.7. The second kappa shape index (κ2) is 7.34. The lowest BCUT2D eigenvalue weighted by Gasteiger charge is -2.22. The van der Waals surface area contributed by atoms with Gasteiger partial charge >= 0.3 is 0 Å². The summed E-state index contributed by atoms with van der Waals surface area (Å²) in [6.45, 7) is 4.00. The fraction of sp³-hybridized carbons (Fsp3) is 1.00. The standard InChI is InChI=1S/C11H22O2/c1-2-3-4-6-9-12-11-8-5-7-10-13-11/h11H,2-10H2,1H3/i1+1. The minimum atomic E-state index is 0.107. The van der Waals surface area contributed by atoms with Gasteiger partial charge < -0.3 is 9.47 Å². The summed E-state index contributed by atoms with van der Waals surface area (Å²) < 4.78 is 11.1. The smallest absolute Gasteiger partial charge is 0.157 e. The molecule has 0 amide bonds. The Labute approximate surface area is 81.6 Å². The summed E-state index contributed by atoms with van der Waals surface area (Å²) in [6, 6.07) is 0. The van der Waals surface area contributed by atoms with Gasteiger partial charge in [0.15, 0.2) is 6.29 Å². The van der Waals surface area contributed by atoms with Gasteiger partial charge in [-0.15, -0.1) is 0 Å². The molecule has 1 aliphatic heterocycles. The van der Waals surface area contributed by atoms with Gasteiger partial charge in [-0.25, -0.2) is 0 Å². The zero-order chi connectivity index (χ0) is 9.36. The van der Waals surface area contributed by atoms with Gasteiger partial charge in [0.1, 0.15) is 0 Å². The molecule has 1 aliphatic rings. The molecule has 1 unspecified atom stereocenters. The Kier molecular flexibility index (Phi) is 6.21. The van der Waals surface area contributed by atoms with Crippen LogP contribution in [0, 0.1) is 0 Å². The van der Waals surface area contributed by atoms with Crippen LogP contribution >= 0.6 is 0 Å². The Morgan fingerprint density at radius 1 is 1.23 bits per heavy atom. The quantitative estimate of drug-likeness (QED) is 0.470. The van der Waals surface area contributed by atoms with E-state index in [1.807, 2.05) is 0 Å². The number of unbranched alkanes of at least 4 members (excludes halogenated alkanes) is 3. The normalized spacial score (nSPS) is 23.3. The van der Waals surface area contributed by atoms with E-state index in [2.05, 4.69) is 6.92 Å². The molecule has 0 radical (unpaired) electrons. The summed E-state index contributed by atoms with van der Waals surface area (Å²) in [6.07, 6.45) is 8.77. The van der Waals surface area contributed by atoms with Crippen LogP contribution in [0.1, 0.15) is 51.9 Å². The first kappa shape index (κ1) is 11.0. The van der Waals surface area contributed by atoms with E-state index in [1.54, 1.807) is 0 Å². The average Bonchev–Trinajstić information content (AvgIpc) is 2.19. The van der Waals surface area contributed by atoms with Crippen LogP contribution in [-0.2, 0) is 9.47 Å². The van der Waals surface area contributed by atoms with Gasteiger partial charge in [-0.3, -0.25) is 0 Å². The van der Waals surface area contributed by atoms with Gasteiger partial charge in [-0.2, -0.15) is 0 Å². The minimum Gasteiger partial charge on any atom is -0.353 e. The van der Waals surface area contributed by atoms with Crippen LogP contribution in [0.3, 0.4) is 0 Å². The Morgan fingerprint density at radius 3 is 2.85 bits per heavy atom. The molecule has 1 heterocycles. The Morgan fingerprint density at radius 2 is 2.15 bits per heavy atom. The van der Waals surface area contributed by atoms with Gasteiger partial charge in [-0.05, 0) is 25.7 Å². The van der Waals surface area contributed by atoms with Crippen molar-refractivity contribution in [3.8, 4) is 0 Å². The van der Waals surface area contributed by atoms with Crippen LogP contribution in [0.5, 0.6) is 0 Å². The second-order valence-electron chi connectivity index (χ2n) is 3.73. The van der Waals surface area contributed by atoms with Crippen LogP contribution in [0.4, 0.5) is 0 Å². The fourth-order valence-corrected chi connectivity index (χ4v) is 1.59. The highest BCUT2D eigenvalue weighted by Crippen LogP contribution is 2.14. The topological polar surface area (TPSA) is 18.5 Å². The van der Waals surface area contributed by atoms with Crippen molar-refractivity contribution in [1.82, 2.24) is 0 Å². The van der Waals surface area contributed by atoms with Crippen LogP contribution in [0.15, 0.2) is 0 Å². The summed E-state index contributed by atoms with van der Waals surface area (Å²) >= 11 is 0. The van der Waals surface area contributed by atoms with E-state index in [-0.39, 0.29) is 6.29 Å². The van der Waals surface area contributed by atoms with Crippen molar-refractivity contribution in [2.75, 3.05) is 13.2 Å². The molecule has 1 fully saturated rings. The van der Waals surface area contributed by atoms with Crippen molar-refractivity contribution in [1.29, 1.82) is 0 Å². The highest BCUT2D eigenvalue weighted by molar-refractivity contribution is 4.53. The first-order valence-corrected chi connectivity index (χ1v) is 5.66. The minimum absolute atomic E-state index is 0.107. The van der Waals surface area contributed by atoms with Crippen molar-refractivity contribution in [3.63, 3.8) is 0 Å². The van der Waals surface area contributed by atoms with E-state index in [4.69, 9.17) is 9.47 Å². The van der Waals surface area contributed by atoms with Crippen molar-refractivity contribution in [3.05, 3.63) is 0 Å². The molecule has 13 heavy (non-hydrogen) atoms. The molecule has 1 saturated heterocycles. The summed E-state index contributed by atoms with van der Waals surface area (Å²) in [5.74, 6) is 0. The van der Waals surface area contributed by atoms with E-state index < -0.39 is 0 Å². The molecule has 0 N–H and O–H groups in total. The molecule has 0 aromatic carbocycles. The van der Waals surface area contributed by atoms with Crippen LogP contribution in [0.2, 0.25) is 0 Å². The van der Waals surface area contributed by atoms with E-state index >= 15 is 0 Å². The Hall–Kier alpha value is -0.0800. The Bertz CT molecular complexity index is 109. The van der Waals surface area contributed by atoms with E-state index in [0.29, 0.717) is 0 Å². The second-order valence-corrected chi connectivity index (χ2v) is 3.73. The zero-order valence-electron chi connectivity index (χ0n) is 8.76. The van der Waals surface area contributed by atoms with Crippen molar-refractivity contribution < 1.29 is 9.47 Å². The maximum atomic E-state index is 5.61. The summed E-state index contributed by atoms with van der Waals surface area (Å²) in [7, 11) is 0. The molecular formula is C11H22O2. The predicted octanol–water partition coefficient (Wildman–Crippen LogP) is 3.11. The van der Waals surface area contributed by atoms with E-state index in [0.717, 1.165) is 19.6 Å². The third-order valence-corrected chi connectivity index (χ3v) is 2.44. The SMILES string of the molecule is [13CH3]CCCCCOC1CCCCO1. The molecule has 2 heteroatoms. The maximum absolute atomic E-state index is 5.61. The average molecular weight is 187 g/mol. The third-order valence-electron chi connectivity index (χ3n) is 2.44. The van der Waals surface area contributed by atoms with Crippen molar-refractivity contribution >= 4 is 0 Å². The molecule has 0 aromatic heterocycles. The number of hydrogen-bond donors (Lipinski definition) is 0. The lowest BCUT2D eigenvalue weighted by atomic mass is 10.2. The molecule has 0 aliphatic carbocycles. The molecule has 0 aromatic rings.